The van der Waals surface area contributed by atoms with Gasteiger partial charge in [-0.2, -0.15) is 0 Å². The number of benzene rings is 1. The number of nitrogens with zero attached hydrogens (tertiary/aromatic N) is 1. The van der Waals surface area contributed by atoms with Crippen molar-refractivity contribution in [3.05, 3.63) is 34.3 Å². The molecule has 2 rings (SSSR count). The Bertz CT molecular complexity index is 612. The van der Waals surface area contributed by atoms with E-state index < -0.39 is 0 Å². The molecule has 2 aromatic rings. The molecule has 0 radical (unpaired) electrons. The lowest BCUT2D eigenvalue weighted by Crippen LogP contribution is -2.07. The highest BCUT2D eigenvalue weighted by Gasteiger charge is 2.15. The molecule has 1 heterocycles. The molecule has 0 saturated carbocycles. The van der Waals surface area contributed by atoms with Gasteiger partial charge in [-0.3, -0.25) is 4.79 Å². The molecule has 1 aromatic carbocycles. The highest BCUT2D eigenvalue weighted by atomic mass is 35.5. The summed E-state index contributed by atoms with van der Waals surface area (Å²) in [6.07, 6.45) is 0.164. The SMILES string of the molecule is CCOC(=O)Cc1csc(-c2c(Cl)cccc2OC)n1. The van der Waals surface area contributed by atoms with Crippen molar-refractivity contribution in [3.63, 3.8) is 0 Å². The molecule has 0 aliphatic rings. The standard InChI is InChI=1S/C14H14ClNO3S/c1-3-19-12(17)7-9-8-20-14(16-9)13-10(15)5-4-6-11(13)18-2/h4-6,8H,3,7H2,1-2H3. The molecule has 0 bridgehead atoms. The van der Waals surface area contributed by atoms with Gasteiger partial charge in [-0.05, 0) is 19.1 Å². The number of rotatable bonds is 5. The lowest BCUT2D eigenvalue weighted by atomic mass is 10.2. The van der Waals surface area contributed by atoms with Gasteiger partial charge >= 0.3 is 5.97 Å². The van der Waals surface area contributed by atoms with Gasteiger partial charge < -0.3 is 9.47 Å². The largest absolute Gasteiger partial charge is 0.496 e. The molecule has 0 unspecified atom stereocenters. The van der Waals surface area contributed by atoms with Crippen molar-refractivity contribution in [1.82, 2.24) is 4.98 Å². The summed E-state index contributed by atoms with van der Waals surface area (Å²) in [5.41, 5.74) is 1.42. The van der Waals surface area contributed by atoms with Gasteiger partial charge in [-0.25, -0.2) is 4.98 Å². The van der Waals surface area contributed by atoms with Crippen LogP contribution in [0, 0.1) is 0 Å². The van der Waals surface area contributed by atoms with E-state index in [0.717, 1.165) is 10.6 Å². The Kier molecular flexibility index (Phi) is 4.98. The van der Waals surface area contributed by atoms with E-state index in [1.165, 1.54) is 11.3 Å². The fourth-order valence-corrected chi connectivity index (χ4v) is 2.94. The summed E-state index contributed by atoms with van der Waals surface area (Å²) >= 11 is 7.63. The molecular formula is C14H14ClNO3S. The van der Waals surface area contributed by atoms with Crippen LogP contribution in [-0.4, -0.2) is 24.7 Å². The summed E-state index contributed by atoms with van der Waals surface area (Å²) in [7, 11) is 1.59. The Morgan fingerprint density at radius 3 is 2.95 bits per heavy atom. The van der Waals surface area contributed by atoms with Crippen molar-refractivity contribution in [1.29, 1.82) is 0 Å². The van der Waals surface area contributed by atoms with E-state index >= 15 is 0 Å². The Labute approximate surface area is 126 Å². The van der Waals surface area contributed by atoms with Crippen molar-refractivity contribution < 1.29 is 14.3 Å². The minimum absolute atomic E-state index is 0.164. The van der Waals surface area contributed by atoms with Gasteiger partial charge in [0.25, 0.3) is 0 Å². The van der Waals surface area contributed by atoms with Gasteiger partial charge in [0.2, 0.25) is 0 Å². The van der Waals surface area contributed by atoms with Crippen LogP contribution in [0.3, 0.4) is 0 Å². The number of carbonyl (C=O) groups excluding carboxylic acids is 1. The number of halogens is 1. The van der Waals surface area contributed by atoms with Crippen LogP contribution in [-0.2, 0) is 16.0 Å². The number of ether oxygens (including phenoxy) is 2. The van der Waals surface area contributed by atoms with Gasteiger partial charge in [-0.15, -0.1) is 11.3 Å². The van der Waals surface area contributed by atoms with Crippen molar-refractivity contribution in [2.24, 2.45) is 0 Å². The van der Waals surface area contributed by atoms with E-state index in [9.17, 15) is 4.79 Å². The third kappa shape index (κ3) is 3.29. The number of aromatic nitrogens is 1. The van der Waals surface area contributed by atoms with E-state index in [1.807, 2.05) is 17.5 Å². The average molecular weight is 312 g/mol. The number of hydrogen-bond acceptors (Lipinski definition) is 5. The molecule has 0 N–H and O–H groups in total. The lowest BCUT2D eigenvalue weighted by Gasteiger charge is -2.07. The summed E-state index contributed by atoms with van der Waals surface area (Å²) in [5.74, 6) is 0.380. The smallest absolute Gasteiger partial charge is 0.311 e. The third-order valence-corrected chi connectivity index (χ3v) is 3.82. The summed E-state index contributed by atoms with van der Waals surface area (Å²) in [5, 5.41) is 3.13. The predicted octanol–water partition coefficient (Wildman–Crippen LogP) is 3.58. The van der Waals surface area contributed by atoms with E-state index in [1.54, 1.807) is 20.1 Å². The Morgan fingerprint density at radius 2 is 2.25 bits per heavy atom. The first-order valence-electron chi connectivity index (χ1n) is 6.08. The maximum Gasteiger partial charge on any atom is 0.311 e. The van der Waals surface area contributed by atoms with Crippen molar-refractivity contribution in [2.45, 2.75) is 13.3 Å². The maximum absolute atomic E-state index is 11.4. The molecule has 0 aliphatic heterocycles. The highest BCUT2D eigenvalue weighted by Crippen LogP contribution is 2.37. The average Bonchev–Trinajstić information content (AvgIpc) is 2.86. The molecule has 0 fully saturated rings. The minimum Gasteiger partial charge on any atom is -0.496 e. The maximum atomic E-state index is 11.4. The van der Waals surface area contributed by atoms with E-state index in [0.29, 0.717) is 23.1 Å². The number of esters is 1. The predicted molar refractivity (Wildman–Crippen MR) is 79.4 cm³/mol. The van der Waals surface area contributed by atoms with Gasteiger partial charge in [0.05, 0.1) is 36.4 Å². The molecule has 106 valence electrons. The van der Waals surface area contributed by atoms with Crippen LogP contribution in [0.15, 0.2) is 23.6 Å². The Hall–Kier alpha value is -1.59. The molecule has 0 aliphatic carbocycles. The fourth-order valence-electron chi connectivity index (χ4n) is 1.74. The molecule has 0 amide bonds. The number of hydrogen-bond donors (Lipinski definition) is 0. The van der Waals surface area contributed by atoms with Crippen LogP contribution in [0.2, 0.25) is 5.02 Å². The van der Waals surface area contributed by atoms with Crippen LogP contribution in [0.5, 0.6) is 5.75 Å². The Morgan fingerprint density at radius 1 is 1.45 bits per heavy atom. The van der Waals surface area contributed by atoms with Gasteiger partial charge in [0.15, 0.2) is 0 Å². The molecular weight excluding hydrogens is 298 g/mol. The number of methoxy groups -OCH3 is 1. The Balaban J connectivity index is 2.27. The van der Waals surface area contributed by atoms with Gasteiger partial charge in [-0.1, -0.05) is 17.7 Å². The van der Waals surface area contributed by atoms with Gasteiger partial charge in [0, 0.05) is 5.38 Å². The normalized spacial score (nSPS) is 10.3. The first-order valence-corrected chi connectivity index (χ1v) is 7.34. The van der Waals surface area contributed by atoms with E-state index in [4.69, 9.17) is 21.1 Å². The second kappa shape index (κ2) is 6.72. The minimum atomic E-state index is -0.282. The van der Waals surface area contributed by atoms with Crippen LogP contribution in [0.4, 0.5) is 0 Å². The third-order valence-electron chi connectivity index (χ3n) is 2.59. The molecule has 20 heavy (non-hydrogen) atoms. The molecule has 0 atom stereocenters. The van der Waals surface area contributed by atoms with E-state index in [2.05, 4.69) is 4.98 Å². The fraction of sp³-hybridized carbons (Fsp3) is 0.286. The van der Waals surface area contributed by atoms with Crippen molar-refractivity contribution in [3.8, 4) is 16.3 Å². The molecule has 0 saturated heterocycles. The molecule has 6 heteroatoms. The van der Waals surface area contributed by atoms with Crippen LogP contribution in [0.25, 0.3) is 10.6 Å². The number of thiazole rings is 1. The highest BCUT2D eigenvalue weighted by molar-refractivity contribution is 7.13. The topological polar surface area (TPSA) is 48.4 Å². The van der Waals surface area contributed by atoms with Gasteiger partial charge in [0.1, 0.15) is 10.8 Å². The van der Waals surface area contributed by atoms with Crippen molar-refractivity contribution >= 4 is 28.9 Å². The second-order valence-corrected chi connectivity index (χ2v) is 5.21. The molecule has 1 aromatic heterocycles. The van der Waals surface area contributed by atoms with Crippen LogP contribution in [0.1, 0.15) is 12.6 Å². The van der Waals surface area contributed by atoms with E-state index in [-0.39, 0.29) is 12.4 Å². The summed E-state index contributed by atoms with van der Waals surface area (Å²) < 4.78 is 10.2. The molecule has 0 spiro atoms. The zero-order valence-corrected chi connectivity index (χ0v) is 12.8. The number of carbonyl (C=O) groups is 1. The molecule has 4 nitrogen and oxygen atoms in total. The summed E-state index contributed by atoms with van der Waals surface area (Å²) in [6, 6.07) is 5.43. The first kappa shape index (κ1) is 14.8. The summed E-state index contributed by atoms with van der Waals surface area (Å²) in [4.78, 5) is 15.9. The first-order chi connectivity index (χ1) is 9.65. The lowest BCUT2D eigenvalue weighted by molar-refractivity contribution is -0.142. The van der Waals surface area contributed by atoms with Crippen LogP contribution < -0.4 is 4.74 Å². The zero-order valence-electron chi connectivity index (χ0n) is 11.2. The quantitative estimate of drug-likeness (QED) is 0.792. The zero-order chi connectivity index (χ0) is 14.5. The van der Waals surface area contributed by atoms with Crippen molar-refractivity contribution in [2.75, 3.05) is 13.7 Å². The van der Waals surface area contributed by atoms with Crippen LogP contribution >= 0.6 is 22.9 Å². The summed E-state index contributed by atoms with van der Waals surface area (Å²) in [6.45, 7) is 2.15. The monoisotopic (exact) mass is 311 g/mol. The second-order valence-electron chi connectivity index (χ2n) is 3.94.